The van der Waals surface area contributed by atoms with E-state index in [-0.39, 0.29) is 5.56 Å². The molecule has 5 heterocycles. The molecular formula is C27H24F3N3O. The fourth-order valence-electron chi connectivity index (χ4n) is 5.67. The van der Waals surface area contributed by atoms with Gasteiger partial charge in [0.05, 0.1) is 16.8 Å². The van der Waals surface area contributed by atoms with E-state index in [4.69, 9.17) is 0 Å². The van der Waals surface area contributed by atoms with Crippen molar-refractivity contribution < 1.29 is 13.2 Å². The third-order valence-corrected chi connectivity index (χ3v) is 7.44. The lowest BCUT2D eigenvalue weighted by Crippen LogP contribution is -2.29. The second-order valence-corrected chi connectivity index (χ2v) is 9.37. The third-order valence-electron chi connectivity index (χ3n) is 7.44. The van der Waals surface area contributed by atoms with Gasteiger partial charge in [-0.15, -0.1) is 0 Å². The van der Waals surface area contributed by atoms with Crippen LogP contribution in [0.15, 0.2) is 65.6 Å². The number of alkyl halides is 3. The molecule has 1 fully saturated rings. The van der Waals surface area contributed by atoms with Crippen molar-refractivity contribution in [1.82, 2.24) is 14.0 Å². The number of pyridine rings is 1. The summed E-state index contributed by atoms with van der Waals surface area (Å²) in [5, 5.41) is 1.24. The Balaban J connectivity index is 1.38. The van der Waals surface area contributed by atoms with Crippen molar-refractivity contribution in [2.75, 3.05) is 13.1 Å². The Bertz CT molecular complexity index is 1460. The highest BCUT2D eigenvalue weighted by molar-refractivity contribution is 5.87. The lowest BCUT2D eigenvalue weighted by Gasteiger charge is -2.27. The van der Waals surface area contributed by atoms with Gasteiger partial charge in [0.1, 0.15) is 0 Å². The first-order chi connectivity index (χ1) is 16.3. The molecule has 2 aromatic heterocycles. The minimum atomic E-state index is -4.38. The smallest absolute Gasteiger partial charge is 0.347 e. The summed E-state index contributed by atoms with van der Waals surface area (Å²) in [6.07, 6.45) is -0.311. The number of hydrogen-bond acceptors (Lipinski definition) is 2. The van der Waals surface area contributed by atoms with Crippen molar-refractivity contribution in [3.63, 3.8) is 0 Å². The van der Waals surface area contributed by atoms with E-state index in [1.807, 2.05) is 6.07 Å². The number of benzene rings is 2. The van der Waals surface area contributed by atoms with Crippen LogP contribution in [0.5, 0.6) is 0 Å². The quantitative estimate of drug-likeness (QED) is 0.381. The van der Waals surface area contributed by atoms with Crippen LogP contribution in [-0.4, -0.2) is 27.1 Å². The van der Waals surface area contributed by atoms with Gasteiger partial charge < -0.3 is 4.57 Å². The van der Waals surface area contributed by atoms with Crippen molar-refractivity contribution in [2.45, 2.75) is 31.5 Å². The number of piperidine rings is 1. The molecule has 174 valence electrons. The van der Waals surface area contributed by atoms with E-state index < -0.39 is 11.7 Å². The van der Waals surface area contributed by atoms with Crippen LogP contribution in [0.4, 0.5) is 13.2 Å². The normalized spacial score (nSPS) is 19.9. The fraction of sp³-hybridized carbons (Fsp3) is 0.296. The Morgan fingerprint density at radius 1 is 0.912 bits per heavy atom. The maximum Gasteiger partial charge on any atom is 0.416 e. The number of halogens is 3. The summed E-state index contributed by atoms with van der Waals surface area (Å²) in [6, 6.07) is 14.3. The molecule has 0 radical (unpaired) electrons. The molecule has 4 aromatic rings. The lowest BCUT2D eigenvalue weighted by molar-refractivity contribution is -0.137. The summed E-state index contributed by atoms with van der Waals surface area (Å²) in [5.41, 5.74) is 4.97. The summed E-state index contributed by atoms with van der Waals surface area (Å²) in [6.45, 7) is 3.28. The van der Waals surface area contributed by atoms with Crippen LogP contribution in [-0.2, 0) is 19.8 Å². The first-order valence-electron chi connectivity index (χ1n) is 11.5. The standard InChI is InChI=1S/C27H24F3N3O/c1-31-24-15-21(6-7-22(24)23-16-32-11-8-18(9-12-32)26(23)31)33-13-10-19(14-25(33)34)17-2-4-20(5-3-17)27(28,29)30/h2-7,10,13-15,18H,8-9,11-12,16H2,1H3. The number of hydrogen-bond donors (Lipinski definition) is 0. The van der Waals surface area contributed by atoms with E-state index in [2.05, 4.69) is 28.6 Å². The van der Waals surface area contributed by atoms with Gasteiger partial charge in [-0.1, -0.05) is 18.2 Å². The van der Waals surface area contributed by atoms with Gasteiger partial charge in [-0.3, -0.25) is 14.3 Å². The predicted octanol–water partition coefficient (Wildman–Crippen LogP) is 5.71. The van der Waals surface area contributed by atoms with Crippen molar-refractivity contribution in [3.05, 3.63) is 88.0 Å². The molecule has 4 nitrogen and oxygen atoms in total. The van der Waals surface area contributed by atoms with Crippen molar-refractivity contribution in [1.29, 1.82) is 0 Å². The molecule has 2 aromatic carbocycles. The van der Waals surface area contributed by atoms with Crippen LogP contribution < -0.4 is 5.56 Å². The van der Waals surface area contributed by atoms with Gasteiger partial charge >= 0.3 is 6.18 Å². The second-order valence-electron chi connectivity index (χ2n) is 9.37. The van der Waals surface area contributed by atoms with Crippen molar-refractivity contribution in [2.24, 2.45) is 7.05 Å². The van der Waals surface area contributed by atoms with Gasteiger partial charge in [0, 0.05) is 42.9 Å². The zero-order valence-corrected chi connectivity index (χ0v) is 18.8. The van der Waals surface area contributed by atoms with Gasteiger partial charge in [-0.25, -0.2) is 0 Å². The number of nitrogens with zero attached hydrogens (tertiary/aromatic N) is 3. The molecule has 3 aliphatic heterocycles. The van der Waals surface area contributed by atoms with Gasteiger partial charge in [0.15, 0.2) is 0 Å². The summed E-state index contributed by atoms with van der Waals surface area (Å²) in [7, 11) is 2.12. The summed E-state index contributed by atoms with van der Waals surface area (Å²) in [4.78, 5) is 15.5. The fourth-order valence-corrected chi connectivity index (χ4v) is 5.67. The maximum absolute atomic E-state index is 13.0. The Morgan fingerprint density at radius 3 is 2.32 bits per heavy atom. The summed E-state index contributed by atoms with van der Waals surface area (Å²) < 4.78 is 42.4. The van der Waals surface area contributed by atoms with E-state index in [0.717, 1.165) is 43.0 Å². The van der Waals surface area contributed by atoms with Crippen LogP contribution >= 0.6 is 0 Å². The average Bonchev–Trinajstić information content (AvgIpc) is 2.97. The number of rotatable bonds is 2. The average molecular weight is 464 g/mol. The molecule has 0 aliphatic carbocycles. The molecule has 0 atom stereocenters. The van der Waals surface area contributed by atoms with E-state index >= 15 is 0 Å². The Morgan fingerprint density at radius 2 is 1.65 bits per heavy atom. The van der Waals surface area contributed by atoms with Crippen LogP contribution in [0.25, 0.3) is 27.7 Å². The number of aromatic nitrogens is 2. The van der Waals surface area contributed by atoms with Gasteiger partial charge in [-0.2, -0.15) is 13.2 Å². The van der Waals surface area contributed by atoms with Crippen molar-refractivity contribution in [3.8, 4) is 16.8 Å². The molecule has 0 N–H and O–H groups in total. The predicted molar refractivity (Wildman–Crippen MR) is 126 cm³/mol. The van der Waals surface area contributed by atoms with Crippen molar-refractivity contribution >= 4 is 10.9 Å². The highest BCUT2D eigenvalue weighted by atomic mass is 19.4. The lowest BCUT2D eigenvalue weighted by atomic mass is 9.94. The molecule has 3 aliphatic rings. The molecular weight excluding hydrogens is 439 g/mol. The van der Waals surface area contributed by atoms with E-state index in [1.54, 1.807) is 16.8 Å². The van der Waals surface area contributed by atoms with Crippen LogP contribution in [0, 0.1) is 0 Å². The molecule has 7 heteroatoms. The summed E-state index contributed by atoms with van der Waals surface area (Å²) >= 11 is 0. The van der Waals surface area contributed by atoms with E-state index in [1.165, 1.54) is 47.7 Å². The Hall–Kier alpha value is -3.32. The molecule has 34 heavy (non-hydrogen) atoms. The molecule has 2 bridgehead atoms. The minimum Gasteiger partial charge on any atom is -0.347 e. The molecule has 0 amide bonds. The molecule has 0 spiro atoms. The topological polar surface area (TPSA) is 30.2 Å². The van der Waals surface area contributed by atoms with Gasteiger partial charge in [-0.05, 0) is 73.0 Å². The second kappa shape index (κ2) is 7.60. The van der Waals surface area contributed by atoms with Crippen LogP contribution in [0.1, 0.15) is 35.6 Å². The largest absolute Gasteiger partial charge is 0.416 e. The highest BCUT2D eigenvalue weighted by Gasteiger charge is 2.32. The Kier molecular flexibility index (Phi) is 4.74. The van der Waals surface area contributed by atoms with Gasteiger partial charge in [0.2, 0.25) is 0 Å². The zero-order valence-electron chi connectivity index (χ0n) is 18.8. The third kappa shape index (κ3) is 3.38. The minimum absolute atomic E-state index is 0.224. The van der Waals surface area contributed by atoms with Crippen LogP contribution in [0.3, 0.4) is 0 Å². The summed E-state index contributed by atoms with van der Waals surface area (Å²) in [5.74, 6) is 0.584. The first-order valence-corrected chi connectivity index (χ1v) is 11.5. The highest BCUT2D eigenvalue weighted by Crippen LogP contribution is 2.40. The van der Waals surface area contributed by atoms with Gasteiger partial charge in [0.25, 0.3) is 5.56 Å². The molecule has 0 unspecified atom stereocenters. The zero-order chi connectivity index (χ0) is 23.6. The van der Waals surface area contributed by atoms with Crippen LogP contribution in [0.2, 0.25) is 0 Å². The van der Waals surface area contributed by atoms with E-state index in [9.17, 15) is 18.0 Å². The monoisotopic (exact) mass is 463 g/mol. The molecule has 1 saturated heterocycles. The number of aryl methyl sites for hydroxylation is 1. The molecule has 7 rings (SSSR count). The Labute approximate surface area is 194 Å². The SMILES string of the molecule is Cn1c2c(c3ccc(-n4ccc(-c5ccc(C(F)(F)F)cc5)cc4=O)cc31)CN1CCC2CC1. The first kappa shape index (κ1) is 21.2. The number of fused-ring (bicyclic) bond motifs is 3. The maximum atomic E-state index is 13.0. The van der Waals surface area contributed by atoms with E-state index in [0.29, 0.717) is 17.0 Å². The molecule has 0 saturated carbocycles.